The lowest BCUT2D eigenvalue weighted by molar-refractivity contribution is 0.488. The van der Waals surface area contributed by atoms with Crippen LogP contribution in [-0.4, -0.2) is 16.1 Å². The van der Waals surface area contributed by atoms with Gasteiger partial charge in [0.15, 0.2) is 0 Å². The Bertz CT molecular complexity index is 536. The second kappa shape index (κ2) is 7.46. The molecular weight excluding hydrogens is 270 g/mol. The van der Waals surface area contributed by atoms with Gasteiger partial charge in [0, 0.05) is 24.0 Å². The lowest BCUT2D eigenvalue weighted by Gasteiger charge is -2.19. The van der Waals surface area contributed by atoms with Gasteiger partial charge in [-0.15, -0.1) is 0 Å². The second-order valence-corrected chi connectivity index (χ2v) is 5.29. The topological polar surface area (TPSA) is 29.9 Å². The lowest BCUT2D eigenvalue weighted by atomic mass is 10.0. The maximum atomic E-state index is 6.28. The zero-order valence-corrected chi connectivity index (χ0v) is 12.9. The number of benzene rings is 1. The average molecular weight is 292 g/mol. The predicted octanol–water partition coefficient (Wildman–Crippen LogP) is 3.84. The SMILES string of the molecule is CCCn1ccnc1C(Cc1ccccc1Cl)NCC. The van der Waals surface area contributed by atoms with Gasteiger partial charge in [-0.3, -0.25) is 0 Å². The molecule has 0 fully saturated rings. The number of imidazole rings is 1. The molecule has 3 nitrogen and oxygen atoms in total. The summed E-state index contributed by atoms with van der Waals surface area (Å²) in [5.41, 5.74) is 1.16. The van der Waals surface area contributed by atoms with E-state index in [4.69, 9.17) is 11.6 Å². The molecule has 0 amide bonds. The monoisotopic (exact) mass is 291 g/mol. The number of likely N-dealkylation sites (N-methyl/N-ethyl adjacent to an activating group) is 1. The molecule has 2 rings (SSSR count). The van der Waals surface area contributed by atoms with E-state index in [1.165, 1.54) is 0 Å². The molecule has 4 heteroatoms. The Morgan fingerprint density at radius 1 is 1.30 bits per heavy atom. The average Bonchev–Trinajstić information content (AvgIpc) is 2.89. The van der Waals surface area contributed by atoms with Gasteiger partial charge in [0.2, 0.25) is 0 Å². The van der Waals surface area contributed by atoms with Gasteiger partial charge in [0.1, 0.15) is 5.82 Å². The summed E-state index contributed by atoms with van der Waals surface area (Å²) in [5.74, 6) is 1.09. The highest BCUT2D eigenvalue weighted by Crippen LogP contribution is 2.23. The predicted molar refractivity (Wildman–Crippen MR) is 84.1 cm³/mol. The first-order valence-electron chi connectivity index (χ1n) is 7.24. The summed E-state index contributed by atoms with van der Waals surface area (Å²) >= 11 is 6.28. The Kier molecular flexibility index (Phi) is 5.62. The minimum atomic E-state index is 0.196. The van der Waals surface area contributed by atoms with E-state index in [2.05, 4.69) is 41.0 Å². The van der Waals surface area contributed by atoms with Crippen molar-refractivity contribution in [2.75, 3.05) is 6.54 Å². The van der Waals surface area contributed by atoms with Crippen LogP contribution in [0.25, 0.3) is 0 Å². The Labute approximate surface area is 126 Å². The van der Waals surface area contributed by atoms with Crippen LogP contribution in [0.15, 0.2) is 36.7 Å². The van der Waals surface area contributed by atoms with E-state index in [0.717, 1.165) is 42.3 Å². The fourth-order valence-corrected chi connectivity index (χ4v) is 2.66. The smallest absolute Gasteiger partial charge is 0.126 e. The molecule has 0 aliphatic rings. The molecule has 1 aromatic carbocycles. The molecule has 20 heavy (non-hydrogen) atoms. The number of nitrogens with zero attached hydrogens (tertiary/aromatic N) is 2. The van der Waals surface area contributed by atoms with Crippen LogP contribution in [-0.2, 0) is 13.0 Å². The van der Waals surface area contributed by atoms with E-state index in [1.54, 1.807) is 0 Å². The highest BCUT2D eigenvalue weighted by molar-refractivity contribution is 6.31. The summed E-state index contributed by atoms with van der Waals surface area (Å²) in [4.78, 5) is 4.54. The lowest BCUT2D eigenvalue weighted by Crippen LogP contribution is -2.26. The largest absolute Gasteiger partial charge is 0.334 e. The molecule has 1 unspecified atom stereocenters. The van der Waals surface area contributed by atoms with Crippen molar-refractivity contribution < 1.29 is 0 Å². The van der Waals surface area contributed by atoms with Crippen molar-refractivity contribution in [3.63, 3.8) is 0 Å². The summed E-state index contributed by atoms with van der Waals surface area (Å²) < 4.78 is 2.23. The normalized spacial score (nSPS) is 12.6. The molecule has 0 bridgehead atoms. The van der Waals surface area contributed by atoms with Gasteiger partial charge < -0.3 is 9.88 Å². The summed E-state index contributed by atoms with van der Waals surface area (Å²) in [6, 6.07) is 8.22. The fourth-order valence-electron chi connectivity index (χ4n) is 2.45. The first-order chi connectivity index (χ1) is 9.76. The first kappa shape index (κ1) is 15.1. The van der Waals surface area contributed by atoms with Crippen LogP contribution in [0.2, 0.25) is 5.02 Å². The van der Waals surface area contributed by atoms with Crippen LogP contribution in [0.1, 0.15) is 37.7 Å². The van der Waals surface area contributed by atoms with E-state index in [0.29, 0.717) is 0 Å². The molecule has 108 valence electrons. The van der Waals surface area contributed by atoms with Crippen LogP contribution in [0.4, 0.5) is 0 Å². The van der Waals surface area contributed by atoms with Crippen LogP contribution < -0.4 is 5.32 Å². The number of hydrogen-bond donors (Lipinski definition) is 1. The molecular formula is C16H22ClN3. The van der Waals surface area contributed by atoms with Gasteiger partial charge in [-0.25, -0.2) is 4.98 Å². The molecule has 0 aliphatic heterocycles. The summed E-state index contributed by atoms with van der Waals surface area (Å²) in [6.07, 6.45) is 5.89. The van der Waals surface area contributed by atoms with Gasteiger partial charge in [0.25, 0.3) is 0 Å². The molecule has 1 heterocycles. The van der Waals surface area contributed by atoms with Gasteiger partial charge in [-0.05, 0) is 31.0 Å². The van der Waals surface area contributed by atoms with Gasteiger partial charge in [0.05, 0.1) is 6.04 Å². The Hall–Kier alpha value is -1.32. The minimum absolute atomic E-state index is 0.196. The molecule has 0 spiro atoms. The van der Waals surface area contributed by atoms with Crippen LogP contribution in [0.3, 0.4) is 0 Å². The molecule has 2 aromatic rings. The summed E-state index contributed by atoms with van der Waals surface area (Å²) in [5, 5.41) is 4.34. The second-order valence-electron chi connectivity index (χ2n) is 4.88. The summed E-state index contributed by atoms with van der Waals surface area (Å²) in [7, 11) is 0. The van der Waals surface area contributed by atoms with E-state index < -0.39 is 0 Å². The zero-order chi connectivity index (χ0) is 14.4. The molecule has 0 saturated carbocycles. The van der Waals surface area contributed by atoms with Crippen molar-refractivity contribution in [1.82, 2.24) is 14.9 Å². The van der Waals surface area contributed by atoms with Gasteiger partial charge in [-0.2, -0.15) is 0 Å². The van der Waals surface area contributed by atoms with Crippen LogP contribution in [0, 0.1) is 0 Å². The van der Waals surface area contributed by atoms with E-state index >= 15 is 0 Å². The standard InChI is InChI=1S/C16H22ClN3/c1-3-10-20-11-9-19-16(20)15(18-4-2)12-13-7-5-6-8-14(13)17/h5-9,11,15,18H,3-4,10,12H2,1-2H3. The highest BCUT2D eigenvalue weighted by atomic mass is 35.5. The number of aryl methyl sites for hydroxylation is 1. The fraction of sp³-hybridized carbons (Fsp3) is 0.438. The number of nitrogens with one attached hydrogen (secondary N) is 1. The van der Waals surface area contributed by atoms with Crippen molar-refractivity contribution in [2.24, 2.45) is 0 Å². The molecule has 0 aliphatic carbocycles. The molecule has 1 aromatic heterocycles. The third-order valence-electron chi connectivity index (χ3n) is 3.36. The van der Waals surface area contributed by atoms with E-state index in [9.17, 15) is 0 Å². The van der Waals surface area contributed by atoms with Crippen LogP contribution in [0.5, 0.6) is 0 Å². The van der Waals surface area contributed by atoms with Crippen molar-refractivity contribution in [3.05, 3.63) is 53.1 Å². The molecule has 0 saturated heterocycles. The Balaban J connectivity index is 2.22. The van der Waals surface area contributed by atoms with Crippen LogP contribution >= 0.6 is 11.6 Å². The zero-order valence-electron chi connectivity index (χ0n) is 12.1. The number of halogens is 1. The first-order valence-corrected chi connectivity index (χ1v) is 7.61. The third-order valence-corrected chi connectivity index (χ3v) is 3.72. The van der Waals surface area contributed by atoms with Crippen molar-refractivity contribution in [1.29, 1.82) is 0 Å². The maximum Gasteiger partial charge on any atom is 0.126 e. The maximum absolute atomic E-state index is 6.28. The Morgan fingerprint density at radius 3 is 2.80 bits per heavy atom. The van der Waals surface area contributed by atoms with Gasteiger partial charge >= 0.3 is 0 Å². The molecule has 1 N–H and O–H groups in total. The Morgan fingerprint density at radius 2 is 2.10 bits per heavy atom. The molecule has 0 radical (unpaired) electrons. The number of hydrogen-bond acceptors (Lipinski definition) is 2. The van der Waals surface area contributed by atoms with E-state index in [-0.39, 0.29) is 6.04 Å². The van der Waals surface area contributed by atoms with Gasteiger partial charge in [-0.1, -0.05) is 43.6 Å². The molecule has 1 atom stereocenters. The van der Waals surface area contributed by atoms with Crippen molar-refractivity contribution in [2.45, 2.75) is 39.3 Å². The number of rotatable bonds is 7. The number of aromatic nitrogens is 2. The van der Waals surface area contributed by atoms with Crippen molar-refractivity contribution in [3.8, 4) is 0 Å². The quantitative estimate of drug-likeness (QED) is 0.840. The third kappa shape index (κ3) is 3.62. The van der Waals surface area contributed by atoms with Crippen molar-refractivity contribution >= 4 is 11.6 Å². The van der Waals surface area contributed by atoms with E-state index in [1.807, 2.05) is 24.4 Å². The minimum Gasteiger partial charge on any atom is -0.334 e. The highest BCUT2D eigenvalue weighted by Gasteiger charge is 2.17. The summed E-state index contributed by atoms with van der Waals surface area (Å²) in [6.45, 7) is 6.21.